The van der Waals surface area contributed by atoms with Gasteiger partial charge in [-0.3, -0.25) is 0 Å². The Balaban J connectivity index is 1.40. The predicted octanol–water partition coefficient (Wildman–Crippen LogP) is 12.6. The van der Waals surface area contributed by atoms with Crippen molar-refractivity contribution >= 4 is 43.3 Å². The highest BCUT2D eigenvalue weighted by molar-refractivity contribution is 6.24. The molecule has 0 radical (unpaired) electrons. The molecule has 0 fully saturated rings. The molecule has 0 N–H and O–H groups in total. The molecule has 1 heteroatoms. The van der Waals surface area contributed by atoms with Crippen molar-refractivity contribution in [2.24, 2.45) is 0 Å². The molecule has 1 heterocycles. The van der Waals surface area contributed by atoms with Crippen LogP contribution in [0, 0.1) is 0 Å². The zero-order valence-corrected chi connectivity index (χ0v) is 24.6. The van der Waals surface area contributed by atoms with Crippen molar-refractivity contribution < 1.29 is 4.42 Å². The van der Waals surface area contributed by atoms with Crippen molar-refractivity contribution in [1.82, 2.24) is 0 Å². The van der Waals surface area contributed by atoms with Crippen molar-refractivity contribution in [3.05, 3.63) is 170 Å². The van der Waals surface area contributed by atoms with E-state index in [1.165, 1.54) is 54.6 Å². The molecule has 8 aromatic carbocycles. The van der Waals surface area contributed by atoms with Crippen LogP contribution in [0.3, 0.4) is 0 Å². The average molecular weight is 573 g/mol. The monoisotopic (exact) mass is 572 g/mol. The van der Waals surface area contributed by atoms with Gasteiger partial charge in [0.05, 0.1) is 0 Å². The maximum absolute atomic E-state index is 6.92. The van der Waals surface area contributed by atoms with Gasteiger partial charge >= 0.3 is 0 Å². The van der Waals surface area contributed by atoms with Crippen molar-refractivity contribution in [3.8, 4) is 44.7 Å². The summed E-state index contributed by atoms with van der Waals surface area (Å²) in [6.45, 7) is 0. The number of furan rings is 1. The van der Waals surface area contributed by atoms with E-state index in [1.54, 1.807) is 0 Å². The fraction of sp³-hybridized carbons (Fsp3) is 0. The van der Waals surface area contributed by atoms with E-state index in [2.05, 4.69) is 170 Å². The van der Waals surface area contributed by atoms with Crippen LogP contribution in [0.25, 0.3) is 88.0 Å². The molecule has 0 aliphatic heterocycles. The van der Waals surface area contributed by atoms with Crippen molar-refractivity contribution in [2.75, 3.05) is 0 Å². The first-order valence-corrected chi connectivity index (χ1v) is 15.4. The lowest BCUT2D eigenvalue weighted by Crippen LogP contribution is -1.92. The van der Waals surface area contributed by atoms with Gasteiger partial charge in [-0.2, -0.15) is 0 Å². The van der Waals surface area contributed by atoms with Crippen LogP contribution < -0.4 is 0 Å². The molecule has 1 aromatic heterocycles. The summed E-state index contributed by atoms with van der Waals surface area (Å²) in [6, 6.07) is 60.8. The van der Waals surface area contributed by atoms with Crippen molar-refractivity contribution in [2.45, 2.75) is 0 Å². The molecule has 0 aliphatic rings. The summed E-state index contributed by atoms with van der Waals surface area (Å²) < 4.78 is 6.92. The van der Waals surface area contributed by atoms with Crippen LogP contribution in [0.4, 0.5) is 0 Å². The third kappa shape index (κ3) is 4.09. The zero-order valence-electron chi connectivity index (χ0n) is 24.6. The van der Waals surface area contributed by atoms with Crippen molar-refractivity contribution in [3.63, 3.8) is 0 Å². The largest absolute Gasteiger partial charge is 0.455 e. The maximum atomic E-state index is 6.92. The summed E-state index contributed by atoms with van der Waals surface area (Å²) in [4.78, 5) is 0. The van der Waals surface area contributed by atoms with Gasteiger partial charge in [0.25, 0.3) is 0 Å². The molecule has 1 nitrogen and oxygen atoms in total. The van der Waals surface area contributed by atoms with Gasteiger partial charge in [-0.1, -0.05) is 158 Å². The maximum Gasteiger partial charge on any atom is 0.144 e. The van der Waals surface area contributed by atoms with Crippen LogP contribution in [-0.4, -0.2) is 0 Å². The fourth-order valence-corrected chi connectivity index (χ4v) is 7.10. The Morgan fingerprint density at radius 2 is 0.822 bits per heavy atom. The van der Waals surface area contributed by atoms with Crippen molar-refractivity contribution in [1.29, 1.82) is 0 Å². The smallest absolute Gasteiger partial charge is 0.144 e. The van der Waals surface area contributed by atoms with E-state index in [-0.39, 0.29) is 0 Å². The summed E-state index contributed by atoms with van der Waals surface area (Å²) >= 11 is 0. The lowest BCUT2D eigenvalue weighted by Gasteiger charge is -2.18. The highest BCUT2D eigenvalue weighted by Gasteiger charge is 2.24. The highest BCUT2D eigenvalue weighted by atomic mass is 16.3. The molecule has 0 saturated carbocycles. The van der Waals surface area contributed by atoms with Gasteiger partial charge in [-0.05, 0) is 72.3 Å². The number of benzene rings is 8. The van der Waals surface area contributed by atoms with Crippen LogP contribution >= 0.6 is 0 Å². The van der Waals surface area contributed by atoms with Gasteiger partial charge in [0.1, 0.15) is 11.3 Å². The number of fused-ring (bicyclic) bond motifs is 4. The normalized spacial score (nSPS) is 11.6. The molecule has 0 unspecified atom stereocenters. The summed E-state index contributed by atoms with van der Waals surface area (Å²) in [7, 11) is 0. The molecule has 45 heavy (non-hydrogen) atoms. The van der Waals surface area contributed by atoms with Crippen LogP contribution in [0.5, 0.6) is 0 Å². The van der Waals surface area contributed by atoms with E-state index >= 15 is 0 Å². The van der Waals surface area contributed by atoms with Gasteiger partial charge in [0, 0.05) is 16.5 Å². The van der Waals surface area contributed by atoms with Gasteiger partial charge in [-0.25, -0.2) is 0 Å². The second-order valence-electron chi connectivity index (χ2n) is 11.6. The van der Waals surface area contributed by atoms with E-state index < -0.39 is 0 Å². The SMILES string of the molecule is c1ccc(-c2cccc(-c3c(-c4c5ccccc5c(-c5cccc6ccccc56)c5ccccc45)oc4ccccc34)c2)cc1. The molecule has 0 bridgehead atoms. The predicted molar refractivity (Wildman–Crippen MR) is 190 cm³/mol. The second kappa shape index (κ2) is 10.4. The third-order valence-corrected chi connectivity index (χ3v) is 9.07. The number of hydrogen-bond donors (Lipinski definition) is 0. The first-order valence-electron chi connectivity index (χ1n) is 15.4. The fourth-order valence-electron chi connectivity index (χ4n) is 7.10. The Hall–Kier alpha value is -5.92. The quantitative estimate of drug-likeness (QED) is 0.191. The average Bonchev–Trinajstić information content (AvgIpc) is 3.50. The minimum absolute atomic E-state index is 0.888. The first kappa shape index (κ1) is 25.6. The van der Waals surface area contributed by atoms with Gasteiger partial charge in [0.2, 0.25) is 0 Å². The Morgan fingerprint density at radius 1 is 0.311 bits per heavy atom. The minimum Gasteiger partial charge on any atom is -0.455 e. The Labute approximate surface area is 261 Å². The number of para-hydroxylation sites is 1. The van der Waals surface area contributed by atoms with E-state index in [4.69, 9.17) is 4.42 Å². The molecule has 0 saturated heterocycles. The third-order valence-electron chi connectivity index (χ3n) is 9.07. The molecule has 0 spiro atoms. The summed E-state index contributed by atoms with van der Waals surface area (Å²) in [6.07, 6.45) is 0. The first-order chi connectivity index (χ1) is 22.3. The lowest BCUT2D eigenvalue weighted by atomic mass is 9.85. The molecular weight excluding hydrogens is 544 g/mol. The molecule has 0 atom stereocenters. The summed E-state index contributed by atoms with van der Waals surface area (Å²) in [5.41, 5.74) is 9.16. The summed E-state index contributed by atoms with van der Waals surface area (Å²) in [5, 5.41) is 8.40. The van der Waals surface area contributed by atoms with Gasteiger partial charge < -0.3 is 4.42 Å². The van der Waals surface area contributed by atoms with Crippen LogP contribution in [0.15, 0.2) is 174 Å². The lowest BCUT2D eigenvalue weighted by molar-refractivity contribution is 0.634. The molecular formula is C44H28O. The van der Waals surface area contributed by atoms with Crippen LogP contribution in [0.1, 0.15) is 0 Å². The zero-order chi connectivity index (χ0) is 29.7. The summed E-state index contributed by atoms with van der Waals surface area (Å²) in [5.74, 6) is 0.901. The molecule has 0 amide bonds. The Kier molecular flexibility index (Phi) is 5.89. The molecule has 9 aromatic rings. The Morgan fingerprint density at radius 3 is 1.56 bits per heavy atom. The molecule has 210 valence electrons. The van der Waals surface area contributed by atoms with Crippen LogP contribution in [0.2, 0.25) is 0 Å². The highest BCUT2D eigenvalue weighted by Crippen LogP contribution is 2.49. The minimum atomic E-state index is 0.888. The van der Waals surface area contributed by atoms with E-state index in [0.717, 1.165) is 33.4 Å². The van der Waals surface area contributed by atoms with Crippen LogP contribution in [-0.2, 0) is 0 Å². The number of rotatable bonds is 4. The van der Waals surface area contributed by atoms with E-state index in [0.29, 0.717) is 0 Å². The van der Waals surface area contributed by atoms with Gasteiger partial charge in [-0.15, -0.1) is 0 Å². The molecule has 0 aliphatic carbocycles. The van der Waals surface area contributed by atoms with Gasteiger partial charge in [0.15, 0.2) is 0 Å². The standard InChI is InChI=1S/C44H28O/c1-2-14-29(15-3-1)31-18-12-19-32(28-31)41-39-25-10-11-27-40(39)45-44(41)43-37-23-8-6-21-35(37)42(36-22-7-9-24-38(36)43)34-26-13-17-30-16-4-5-20-33(30)34/h1-28H. The molecule has 9 rings (SSSR count). The number of hydrogen-bond acceptors (Lipinski definition) is 1. The Bertz CT molecular complexity index is 2470. The van der Waals surface area contributed by atoms with E-state index in [9.17, 15) is 0 Å². The topological polar surface area (TPSA) is 13.1 Å². The second-order valence-corrected chi connectivity index (χ2v) is 11.6. The van der Waals surface area contributed by atoms with E-state index in [1.807, 2.05) is 0 Å².